The van der Waals surface area contributed by atoms with Crippen molar-refractivity contribution in [3.05, 3.63) is 64.9 Å². The molecule has 3 nitrogen and oxygen atoms in total. The summed E-state index contributed by atoms with van der Waals surface area (Å²) >= 11 is 0. The van der Waals surface area contributed by atoms with Crippen molar-refractivity contribution in [2.75, 3.05) is 5.73 Å². The van der Waals surface area contributed by atoms with Gasteiger partial charge in [0, 0.05) is 10.9 Å². The number of nitrogen functional groups attached to an aromatic ring is 1. The number of ketones is 1. The predicted molar refractivity (Wildman–Crippen MR) is 82.5 cm³/mol. The summed E-state index contributed by atoms with van der Waals surface area (Å²) in [5.74, 6) is 0.104. The van der Waals surface area contributed by atoms with Gasteiger partial charge in [-0.25, -0.2) is 0 Å². The lowest BCUT2D eigenvalue weighted by Crippen LogP contribution is -2.04. The van der Waals surface area contributed by atoms with Crippen molar-refractivity contribution in [1.29, 1.82) is 0 Å². The number of fused-ring (bicyclic) bond motifs is 2. The molecule has 0 aliphatic heterocycles. The Morgan fingerprint density at radius 2 is 1.86 bits per heavy atom. The minimum Gasteiger partial charge on any atom is -0.450 e. The van der Waals surface area contributed by atoms with Gasteiger partial charge in [0.1, 0.15) is 5.58 Å². The van der Waals surface area contributed by atoms with Crippen LogP contribution in [-0.2, 0) is 12.8 Å². The highest BCUT2D eigenvalue weighted by Gasteiger charge is 2.21. The molecule has 0 saturated heterocycles. The van der Waals surface area contributed by atoms with E-state index in [0.717, 1.165) is 18.2 Å². The summed E-state index contributed by atoms with van der Waals surface area (Å²) in [6, 6.07) is 13.4. The van der Waals surface area contributed by atoms with Crippen molar-refractivity contribution >= 4 is 22.4 Å². The molecule has 0 amide bonds. The number of benzene rings is 2. The Hall–Kier alpha value is -2.55. The molecular weight excluding hydrogens is 262 g/mol. The van der Waals surface area contributed by atoms with Crippen LogP contribution in [0, 0.1) is 0 Å². The van der Waals surface area contributed by atoms with E-state index in [1.807, 2.05) is 36.4 Å². The number of hydrogen-bond acceptors (Lipinski definition) is 3. The predicted octanol–water partition coefficient (Wildman–Crippen LogP) is 3.73. The molecule has 1 heterocycles. The van der Waals surface area contributed by atoms with E-state index in [9.17, 15) is 4.79 Å². The van der Waals surface area contributed by atoms with Crippen LogP contribution in [0.25, 0.3) is 11.0 Å². The standard InChI is InChI=1S/C18H15NO2/c19-16-14-6-1-2-7-15(14)21-18(16)17(20)13-9-8-11-4-3-5-12(11)10-13/h1-2,6-10H,3-5,19H2. The SMILES string of the molecule is Nc1c(C(=O)c2ccc3c(c2)CCC3)oc2ccccc12. The molecule has 104 valence electrons. The molecule has 1 aliphatic rings. The van der Waals surface area contributed by atoms with Crippen molar-refractivity contribution in [2.24, 2.45) is 0 Å². The number of para-hydroxylation sites is 1. The van der Waals surface area contributed by atoms with Crippen LogP contribution in [0.2, 0.25) is 0 Å². The Labute approximate surface area is 122 Å². The molecule has 1 aromatic heterocycles. The Morgan fingerprint density at radius 3 is 2.71 bits per heavy atom. The molecule has 0 spiro atoms. The minimum absolute atomic E-state index is 0.140. The average Bonchev–Trinajstić information content (AvgIpc) is 3.11. The summed E-state index contributed by atoms with van der Waals surface area (Å²) in [5, 5.41) is 0.794. The van der Waals surface area contributed by atoms with Crippen LogP contribution in [-0.4, -0.2) is 5.78 Å². The van der Waals surface area contributed by atoms with Gasteiger partial charge in [-0.15, -0.1) is 0 Å². The van der Waals surface area contributed by atoms with Crippen LogP contribution < -0.4 is 5.73 Å². The number of nitrogens with two attached hydrogens (primary N) is 1. The van der Waals surface area contributed by atoms with Crippen molar-refractivity contribution in [2.45, 2.75) is 19.3 Å². The van der Waals surface area contributed by atoms with Crippen molar-refractivity contribution in [3.8, 4) is 0 Å². The molecule has 2 aromatic carbocycles. The van der Waals surface area contributed by atoms with Crippen molar-refractivity contribution in [1.82, 2.24) is 0 Å². The monoisotopic (exact) mass is 277 g/mol. The quantitative estimate of drug-likeness (QED) is 0.726. The molecule has 0 atom stereocenters. The minimum atomic E-state index is -0.140. The summed E-state index contributed by atoms with van der Waals surface area (Å²) in [6.07, 6.45) is 3.32. The van der Waals surface area contributed by atoms with Crippen molar-refractivity contribution in [3.63, 3.8) is 0 Å². The molecule has 0 bridgehead atoms. The number of aryl methyl sites for hydroxylation is 2. The number of anilines is 1. The first kappa shape index (κ1) is 12.2. The van der Waals surface area contributed by atoms with E-state index in [4.69, 9.17) is 10.2 Å². The van der Waals surface area contributed by atoms with Crippen LogP contribution in [0.4, 0.5) is 5.69 Å². The second-order valence-electron chi connectivity index (χ2n) is 5.51. The molecular formula is C18H15NO2. The molecule has 0 fully saturated rings. The number of carbonyl (C=O) groups excluding carboxylic acids is 1. The van der Waals surface area contributed by atoms with Gasteiger partial charge in [-0.2, -0.15) is 0 Å². The fourth-order valence-electron chi connectivity index (χ4n) is 3.08. The largest absolute Gasteiger partial charge is 0.450 e. The van der Waals surface area contributed by atoms with Crippen LogP contribution in [0.3, 0.4) is 0 Å². The lowest BCUT2D eigenvalue weighted by atomic mass is 10.0. The Kier molecular flexibility index (Phi) is 2.61. The molecule has 21 heavy (non-hydrogen) atoms. The Bertz CT molecular complexity index is 861. The van der Waals surface area contributed by atoms with Crippen LogP contribution in [0.15, 0.2) is 46.9 Å². The molecule has 0 saturated carbocycles. The van der Waals surface area contributed by atoms with Crippen LogP contribution in [0.1, 0.15) is 33.7 Å². The first-order valence-corrected chi connectivity index (χ1v) is 7.17. The third kappa shape index (κ3) is 1.85. The molecule has 0 unspecified atom stereocenters. The van der Waals surface area contributed by atoms with Gasteiger partial charge in [0.15, 0.2) is 5.76 Å². The number of hydrogen-bond donors (Lipinski definition) is 1. The summed E-state index contributed by atoms with van der Waals surface area (Å²) < 4.78 is 5.66. The molecule has 4 rings (SSSR count). The first-order valence-electron chi connectivity index (χ1n) is 7.17. The normalized spacial score (nSPS) is 13.5. The molecule has 1 aliphatic carbocycles. The van der Waals surface area contributed by atoms with Gasteiger partial charge >= 0.3 is 0 Å². The van der Waals surface area contributed by atoms with Gasteiger partial charge in [-0.3, -0.25) is 4.79 Å². The smallest absolute Gasteiger partial charge is 0.230 e. The lowest BCUT2D eigenvalue weighted by Gasteiger charge is -2.03. The van der Waals surface area contributed by atoms with Gasteiger partial charge < -0.3 is 10.2 Å². The second kappa shape index (κ2) is 4.48. The number of furan rings is 1. The van der Waals surface area contributed by atoms with E-state index in [1.165, 1.54) is 17.5 Å². The third-order valence-electron chi connectivity index (χ3n) is 4.20. The van der Waals surface area contributed by atoms with Gasteiger partial charge in [0.05, 0.1) is 5.69 Å². The summed E-state index contributed by atoms with van der Waals surface area (Å²) in [5.41, 5.74) is 10.4. The molecule has 2 N–H and O–H groups in total. The first-order chi connectivity index (χ1) is 10.2. The van der Waals surface area contributed by atoms with E-state index >= 15 is 0 Å². The number of rotatable bonds is 2. The van der Waals surface area contributed by atoms with Gasteiger partial charge in [0.25, 0.3) is 0 Å². The second-order valence-corrected chi connectivity index (χ2v) is 5.51. The van der Waals surface area contributed by atoms with Crippen LogP contribution >= 0.6 is 0 Å². The maximum atomic E-state index is 12.7. The summed E-state index contributed by atoms with van der Waals surface area (Å²) in [4.78, 5) is 12.7. The van der Waals surface area contributed by atoms with Gasteiger partial charge in [0.2, 0.25) is 5.78 Å². The molecule has 0 radical (unpaired) electrons. The maximum absolute atomic E-state index is 12.7. The van der Waals surface area contributed by atoms with E-state index in [1.54, 1.807) is 0 Å². The van der Waals surface area contributed by atoms with E-state index in [2.05, 4.69) is 6.07 Å². The lowest BCUT2D eigenvalue weighted by molar-refractivity contribution is 0.101. The van der Waals surface area contributed by atoms with Crippen molar-refractivity contribution < 1.29 is 9.21 Å². The number of carbonyl (C=O) groups is 1. The summed E-state index contributed by atoms with van der Waals surface area (Å²) in [6.45, 7) is 0. The zero-order chi connectivity index (χ0) is 14.4. The van der Waals surface area contributed by atoms with Gasteiger partial charge in [-0.1, -0.05) is 24.3 Å². The Balaban J connectivity index is 1.81. The van der Waals surface area contributed by atoms with Gasteiger partial charge in [-0.05, 0) is 48.6 Å². The fourth-order valence-corrected chi connectivity index (χ4v) is 3.08. The highest BCUT2D eigenvalue weighted by Crippen LogP contribution is 2.31. The highest BCUT2D eigenvalue weighted by atomic mass is 16.3. The third-order valence-corrected chi connectivity index (χ3v) is 4.20. The topological polar surface area (TPSA) is 56.2 Å². The molecule has 3 heteroatoms. The molecule has 3 aromatic rings. The van der Waals surface area contributed by atoms with E-state index < -0.39 is 0 Å². The zero-order valence-electron chi connectivity index (χ0n) is 11.6. The summed E-state index contributed by atoms with van der Waals surface area (Å²) in [7, 11) is 0. The highest BCUT2D eigenvalue weighted by molar-refractivity contribution is 6.14. The van der Waals surface area contributed by atoms with E-state index in [-0.39, 0.29) is 11.5 Å². The Morgan fingerprint density at radius 1 is 1.05 bits per heavy atom. The average molecular weight is 277 g/mol. The fraction of sp³-hybridized carbons (Fsp3) is 0.167. The zero-order valence-corrected chi connectivity index (χ0v) is 11.6. The maximum Gasteiger partial charge on any atom is 0.230 e. The van der Waals surface area contributed by atoms with E-state index in [0.29, 0.717) is 16.8 Å². The van der Waals surface area contributed by atoms with Crippen LogP contribution in [0.5, 0.6) is 0 Å².